The highest BCUT2D eigenvalue weighted by atomic mass is 79.9. The summed E-state index contributed by atoms with van der Waals surface area (Å²) in [5.74, 6) is -0.465. The number of nitrogens with one attached hydrogen (secondary N) is 1. The highest BCUT2D eigenvalue weighted by molar-refractivity contribution is 9.11. The lowest BCUT2D eigenvalue weighted by Gasteiger charge is -2.24. The van der Waals surface area contributed by atoms with E-state index in [-0.39, 0.29) is 11.8 Å². The Kier molecular flexibility index (Phi) is 5.89. The second kappa shape index (κ2) is 7.49. The first-order valence-electron chi connectivity index (χ1n) is 6.77. The van der Waals surface area contributed by atoms with Gasteiger partial charge in [-0.05, 0) is 31.0 Å². The molecule has 1 aromatic rings. The van der Waals surface area contributed by atoms with Crippen LogP contribution in [0.1, 0.15) is 23.2 Å². The largest absolute Gasteiger partial charge is 0.350 e. The normalized spacial score (nSPS) is 17.4. The Labute approximate surface area is 147 Å². The van der Waals surface area contributed by atoms with Gasteiger partial charge in [0, 0.05) is 22.6 Å². The molecule has 0 radical (unpaired) electrons. The molecular weight excluding hydrogens is 391 g/mol. The van der Waals surface area contributed by atoms with Crippen molar-refractivity contribution in [1.29, 1.82) is 0 Å². The first kappa shape index (κ1) is 17.3. The third kappa shape index (κ3) is 4.03. The average Bonchev–Trinajstić information content (AvgIpc) is 2.96. The van der Waals surface area contributed by atoms with E-state index in [0.717, 1.165) is 6.42 Å². The van der Waals surface area contributed by atoms with Crippen LogP contribution in [0.2, 0.25) is 10.0 Å². The van der Waals surface area contributed by atoms with Crippen LogP contribution in [0.3, 0.4) is 0 Å². The van der Waals surface area contributed by atoms with E-state index in [0.29, 0.717) is 39.6 Å². The number of carbonyl (C=O) groups is 2. The van der Waals surface area contributed by atoms with E-state index in [1.807, 2.05) is 0 Å². The topological polar surface area (TPSA) is 49.4 Å². The van der Waals surface area contributed by atoms with Gasteiger partial charge in [-0.25, -0.2) is 0 Å². The van der Waals surface area contributed by atoms with Crippen molar-refractivity contribution < 1.29 is 9.59 Å². The van der Waals surface area contributed by atoms with Gasteiger partial charge in [0.2, 0.25) is 5.91 Å². The van der Waals surface area contributed by atoms with Gasteiger partial charge in [0.1, 0.15) is 6.04 Å². The molecule has 0 spiro atoms. The standard InChI is InChI=1S/C15H15BrCl2N2O2/c1-9(16)8-19-14(21)13-3-2-6-20(13)15(22)11-7-10(17)4-5-12(11)18/h4-5,7,13H,1-3,6,8H2,(H,19,21). The summed E-state index contributed by atoms with van der Waals surface area (Å²) in [5.41, 5.74) is 0.318. The highest BCUT2D eigenvalue weighted by Gasteiger charge is 2.35. The minimum Gasteiger partial charge on any atom is -0.350 e. The molecule has 0 saturated carbocycles. The van der Waals surface area contributed by atoms with Gasteiger partial charge in [-0.1, -0.05) is 45.7 Å². The highest BCUT2D eigenvalue weighted by Crippen LogP contribution is 2.26. The molecule has 22 heavy (non-hydrogen) atoms. The molecule has 1 unspecified atom stereocenters. The lowest BCUT2D eigenvalue weighted by molar-refractivity contribution is -0.124. The molecule has 1 aliphatic rings. The van der Waals surface area contributed by atoms with Crippen molar-refractivity contribution in [1.82, 2.24) is 10.2 Å². The molecule has 1 aliphatic heterocycles. The Morgan fingerprint density at radius 3 is 2.82 bits per heavy atom. The van der Waals surface area contributed by atoms with E-state index >= 15 is 0 Å². The number of benzene rings is 1. The Morgan fingerprint density at radius 2 is 2.14 bits per heavy atom. The summed E-state index contributed by atoms with van der Waals surface area (Å²) in [7, 11) is 0. The lowest BCUT2D eigenvalue weighted by Crippen LogP contribution is -2.46. The van der Waals surface area contributed by atoms with E-state index in [1.165, 1.54) is 6.07 Å². The minimum atomic E-state index is -0.491. The van der Waals surface area contributed by atoms with E-state index in [9.17, 15) is 9.59 Å². The van der Waals surface area contributed by atoms with Crippen LogP contribution in [-0.4, -0.2) is 35.8 Å². The number of hydrogen-bond acceptors (Lipinski definition) is 2. The molecule has 2 amide bonds. The van der Waals surface area contributed by atoms with Gasteiger partial charge in [0.05, 0.1) is 10.6 Å². The zero-order chi connectivity index (χ0) is 16.3. The summed E-state index contributed by atoms with van der Waals surface area (Å²) in [6, 6.07) is 4.24. The average molecular weight is 406 g/mol. The fraction of sp³-hybridized carbons (Fsp3) is 0.333. The van der Waals surface area contributed by atoms with Crippen LogP contribution in [-0.2, 0) is 4.79 Å². The molecule has 0 bridgehead atoms. The monoisotopic (exact) mass is 404 g/mol. The maximum atomic E-state index is 12.6. The Balaban J connectivity index is 2.16. The summed E-state index contributed by atoms with van der Waals surface area (Å²) in [6.45, 7) is 4.52. The van der Waals surface area contributed by atoms with Gasteiger partial charge in [-0.2, -0.15) is 0 Å². The summed E-state index contributed by atoms with van der Waals surface area (Å²) < 4.78 is 0.676. The van der Waals surface area contributed by atoms with Crippen molar-refractivity contribution in [2.45, 2.75) is 18.9 Å². The van der Waals surface area contributed by atoms with Gasteiger partial charge in [0.15, 0.2) is 0 Å². The molecule has 118 valence electrons. The minimum absolute atomic E-state index is 0.190. The maximum absolute atomic E-state index is 12.6. The van der Waals surface area contributed by atoms with Gasteiger partial charge in [-0.15, -0.1) is 0 Å². The van der Waals surface area contributed by atoms with Crippen LogP contribution in [0.25, 0.3) is 0 Å². The molecule has 1 heterocycles. The number of nitrogens with zero attached hydrogens (tertiary/aromatic N) is 1. The predicted octanol–water partition coefficient (Wildman–Crippen LogP) is 3.62. The van der Waals surface area contributed by atoms with Crippen LogP contribution in [0.4, 0.5) is 0 Å². The van der Waals surface area contributed by atoms with Crippen molar-refractivity contribution in [3.63, 3.8) is 0 Å². The van der Waals surface area contributed by atoms with Crippen LogP contribution < -0.4 is 5.32 Å². The number of hydrogen-bond donors (Lipinski definition) is 1. The van der Waals surface area contributed by atoms with Gasteiger partial charge < -0.3 is 10.2 Å². The summed E-state index contributed by atoms with van der Waals surface area (Å²) in [5, 5.41) is 3.51. The van der Waals surface area contributed by atoms with Crippen LogP contribution >= 0.6 is 39.1 Å². The molecule has 4 nitrogen and oxygen atoms in total. The lowest BCUT2D eigenvalue weighted by atomic mass is 10.1. The molecular formula is C15H15BrCl2N2O2. The second-order valence-electron chi connectivity index (χ2n) is 5.02. The summed E-state index contributed by atoms with van der Waals surface area (Å²) in [4.78, 5) is 26.4. The number of amides is 2. The first-order chi connectivity index (χ1) is 10.4. The quantitative estimate of drug-likeness (QED) is 0.831. The van der Waals surface area contributed by atoms with Crippen LogP contribution in [0.15, 0.2) is 29.3 Å². The zero-order valence-electron chi connectivity index (χ0n) is 11.7. The van der Waals surface area contributed by atoms with Crippen molar-refractivity contribution in [3.05, 3.63) is 44.9 Å². The molecule has 0 aliphatic carbocycles. The van der Waals surface area contributed by atoms with Gasteiger partial charge >= 0.3 is 0 Å². The van der Waals surface area contributed by atoms with Crippen molar-refractivity contribution in [2.24, 2.45) is 0 Å². The number of rotatable bonds is 4. The molecule has 1 saturated heterocycles. The van der Waals surface area contributed by atoms with Crippen LogP contribution in [0.5, 0.6) is 0 Å². The SMILES string of the molecule is C=C(Br)CNC(=O)C1CCCN1C(=O)c1cc(Cl)ccc1Cl. The smallest absolute Gasteiger partial charge is 0.256 e. The molecule has 0 aromatic heterocycles. The molecule has 1 fully saturated rings. The predicted molar refractivity (Wildman–Crippen MR) is 91.6 cm³/mol. The second-order valence-corrected chi connectivity index (χ2v) is 6.98. The fourth-order valence-corrected chi connectivity index (χ4v) is 2.91. The van der Waals surface area contributed by atoms with E-state index in [4.69, 9.17) is 23.2 Å². The third-order valence-electron chi connectivity index (χ3n) is 3.43. The van der Waals surface area contributed by atoms with E-state index < -0.39 is 6.04 Å². The van der Waals surface area contributed by atoms with Gasteiger partial charge in [0.25, 0.3) is 5.91 Å². The third-order valence-corrected chi connectivity index (χ3v) is 4.27. The fourth-order valence-electron chi connectivity index (χ4n) is 2.40. The molecule has 1 aromatic carbocycles. The Morgan fingerprint density at radius 1 is 1.41 bits per heavy atom. The zero-order valence-corrected chi connectivity index (χ0v) is 14.8. The van der Waals surface area contributed by atoms with Crippen molar-refractivity contribution in [3.8, 4) is 0 Å². The Hall–Kier alpha value is -1.04. The molecule has 1 atom stereocenters. The molecule has 7 heteroatoms. The number of carbonyl (C=O) groups excluding carboxylic acids is 2. The van der Waals surface area contributed by atoms with Crippen molar-refractivity contribution in [2.75, 3.05) is 13.1 Å². The van der Waals surface area contributed by atoms with E-state index in [2.05, 4.69) is 27.8 Å². The summed E-state index contributed by atoms with van der Waals surface area (Å²) >= 11 is 15.2. The summed E-state index contributed by atoms with van der Waals surface area (Å²) in [6.07, 6.45) is 1.40. The van der Waals surface area contributed by atoms with E-state index in [1.54, 1.807) is 17.0 Å². The van der Waals surface area contributed by atoms with Crippen LogP contribution in [0, 0.1) is 0 Å². The molecule has 1 N–H and O–H groups in total. The Bertz CT molecular complexity index is 622. The first-order valence-corrected chi connectivity index (χ1v) is 8.32. The van der Waals surface area contributed by atoms with Crippen molar-refractivity contribution >= 4 is 50.9 Å². The van der Waals surface area contributed by atoms with Gasteiger partial charge in [-0.3, -0.25) is 9.59 Å². The number of likely N-dealkylation sites (tertiary alicyclic amines) is 1. The number of halogens is 3. The molecule has 2 rings (SSSR count). The maximum Gasteiger partial charge on any atom is 0.256 e.